The van der Waals surface area contributed by atoms with E-state index in [9.17, 15) is 4.79 Å². The highest BCUT2D eigenvalue weighted by Gasteiger charge is 2.30. The number of aromatic nitrogens is 4. The van der Waals surface area contributed by atoms with Crippen LogP contribution in [0, 0.1) is 6.92 Å². The molecule has 1 amide bonds. The van der Waals surface area contributed by atoms with E-state index in [0.717, 1.165) is 36.3 Å². The van der Waals surface area contributed by atoms with Gasteiger partial charge in [0.15, 0.2) is 0 Å². The number of rotatable bonds is 7. The Kier molecular flexibility index (Phi) is 6.68. The highest BCUT2D eigenvalue weighted by Crippen LogP contribution is 2.40. The Morgan fingerprint density at radius 2 is 2.11 bits per heavy atom. The van der Waals surface area contributed by atoms with Gasteiger partial charge < -0.3 is 19.6 Å². The molecule has 3 heterocycles. The van der Waals surface area contributed by atoms with Crippen molar-refractivity contribution in [1.29, 1.82) is 0 Å². The molecular weight excluding hydrogens is 444 g/mol. The van der Waals surface area contributed by atoms with Crippen LogP contribution < -0.4 is 9.64 Å². The Balaban J connectivity index is 1.46. The van der Waals surface area contributed by atoms with E-state index in [1.165, 1.54) is 28.2 Å². The molecule has 1 fully saturated rings. The average Bonchev–Trinajstić information content (AvgIpc) is 3.36. The van der Waals surface area contributed by atoms with Gasteiger partial charge in [-0.3, -0.25) is 9.89 Å². The third-order valence-electron chi connectivity index (χ3n) is 7.12. The lowest BCUT2D eigenvalue weighted by atomic mass is 9.79. The Labute approximate surface area is 204 Å². The van der Waals surface area contributed by atoms with Gasteiger partial charge in [0.05, 0.1) is 24.0 Å². The Morgan fingerprint density at radius 1 is 1.29 bits per heavy atom. The zero-order valence-corrected chi connectivity index (χ0v) is 20.2. The summed E-state index contributed by atoms with van der Waals surface area (Å²) in [6, 6.07) is 4.60. The molecule has 184 valence electrons. The molecule has 1 atom stereocenters. The molecule has 2 N–H and O–H groups in total. The number of benzene rings is 1. The number of hydrogen-bond acceptors (Lipinski definition) is 7. The summed E-state index contributed by atoms with van der Waals surface area (Å²) in [6.45, 7) is 8.88. The van der Waals surface area contributed by atoms with Gasteiger partial charge in [0.1, 0.15) is 5.82 Å². The maximum Gasteiger partial charge on any atom is 0.318 e. The fraction of sp³-hybridized carbons (Fsp3) is 0.462. The van der Waals surface area contributed by atoms with E-state index in [1.54, 1.807) is 0 Å². The standard InChI is InChI=1S/C26H32N6O3/c1-3-23(34)31-9-11-32(12-10-31)25-19-7-6-18(15-22(19)28-26(29-25)35-14-4-13-33)24-17(2)5-8-21-20(24)16-27-30-21/h3,5,8,16,18,33H,1,4,6-7,9-15H2,2H3,(H,27,30). The third-order valence-corrected chi connectivity index (χ3v) is 7.12. The van der Waals surface area contributed by atoms with Gasteiger partial charge in [-0.1, -0.05) is 12.6 Å². The first-order valence-electron chi connectivity index (χ1n) is 12.3. The number of nitrogens with one attached hydrogen (secondary N) is 1. The van der Waals surface area contributed by atoms with Crippen LogP contribution in [-0.2, 0) is 17.6 Å². The first-order valence-corrected chi connectivity index (χ1v) is 12.3. The molecule has 1 aromatic carbocycles. The number of aliphatic hydroxyl groups excluding tert-OH is 1. The molecule has 0 radical (unpaired) electrons. The van der Waals surface area contributed by atoms with Gasteiger partial charge in [0.2, 0.25) is 5.91 Å². The molecule has 1 saturated heterocycles. The first kappa shape index (κ1) is 23.3. The van der Waals surface area contributed by atoms with E-state index in [-0.39, 0.29) is 12.5 Å². The number of aromatic amines is 1. The molecule has 35 heavy (non-hydrogen) atoms. The van der Waals surface area contributed by atoms with Crippen molar-refractivity contribution in [3.63, 3.8) is 0 Å². The number of H-pyrrole nitrogens is 1. The number of aryl methyl sites for hydroxylation is 1. The number of nitrogens with zero attached hydrogens (tertiary/aromatic N) is 5. The Hall–Kier alpha value is -3.46. The number of aliphatic hydroxyl groups is 1. The van der Waals surface area contributed by atoms with Crippen molar-refractivity contribution in [1.82, 2.24) is 25.1 Å². The molecule has 5 rings (SSSR count). The lowest BCUT2D eigenvalue weighted by molar-refractivity contribution is -0.126. The summed E-state index contributed by atoms with van der Waals surface area (Å²) in [5, 5.41) is 17.7. The zero-order chi connectivity index (χ0) is 24.4. The second-order valence-corrected chi connectivity index (χ2v) is 9.26. The minimum atomic E-state index is -0.0333. The lowest BCUT2D eigenvalue weighted by Crippen LogP contribution is -2.49. The van der Waals surface area contributed by atoms with E-state index < -0.39 is 0 Å². The van der Waals surface area contributed by atoms with Crippen LogP contribution in [0.2, 0.25) is 0 Å². The third kappa shape index (κ3) is 4.60. The van der Waals surface area contributed by atoms with Crippen molar-refractivity contribution in [3.05, 3.63) is 53.4 Å². The Morgan fingerprint density at radius 3 is 2.89 bits per heavy atom. The molecule has 1 unspecified atom stereocenters. The molecule has 0 spiro atoms. The van der Waals surface area contributed by atoms with Crippen molar-refractivity contribution in [3.8, 4) is 6.01 Å². The van der Waals surface area contributed by atoms with Crippen LogP contribution in [0.3, 0.4) is 0 Å². The maximum absolute atomic E-state index is 12.0. The highest BCUT2D eigenvalue weighted by atomic mass is 16.5. The van der Waals surface area contributed by atoms with Crippen LogP contribution in [0.15, 0.2) is 31.0 Å². The molecule has 9 nitrogen and oxygen atoms in total. The number of ether oxygens (including phenoxy) is 1. The van der Waals surface area contributed by atoms with Crippen molar-refractivity contribution < 1.29 is 14.6 Å². The number of hydrogen-bond donors (Lipinski definition) is 2. The van der Waals surface area contributed by atoms with Crippen molar-refractivity contribution in [2.45, 2.75) is 38.5 Å². The predicted octanol–water partition coefficient (Wildman–Crippen LogP) is 2.53. The van der Waals surface area contributed by atoms with Gasteiger partial charge in [0.25, 0.3) is 0 Å². The molecule has 0 bridgehead atoms. The number of anilines is 1. The number of amides is 1. The smallest absolute Gasteiger partial charge is 0.318 e. The van der Waals surface area contributed by atoms with E-state index in [4.69, 9.17) is 19.8 Å². The van der Waals surface area contributed by atoms with Crippen molar-refractivity contribution >= 4 is 22.6 Å². The summed E-state index contributed by atoms with van der Waals surface area (Å²) < 4.78 is 5.84. The summed E-state index contributed by atoms with van der Waals surface area (Å²) in [5.41, 5.74) is 5.86. The molecular formula is C26H32N6O3. The van der Waals surface area contributed by atoms with E-state index in [1.807, 2.05) is 11.1 Å². The summed E-state index contributed by atoms with van der Waals surface area (Å²) in [6.07, 6.45) is 6.52. The molecule has 9 heteroatoms. The minimum Gasteiger partial charge on any atom is -0.463 e. The van der Waals surface area contributed by atoms with Gasteiger partial charge in [-0.05, 0) is 55.4 Å². The fourth-order valence-corrected chi connectivity index (χ4v) is 5.33. The van der Waals surface area contributed by atoms with Crippen LogP contribution in [0.25, 0.3) is 10.9 Å². The molecule has 2 aliphatic rings. The summed E-state index contributed by atoms with van der Waals surface area (Å²) in [4.78, 5) is 25.7. The SMILES string of the molecule is C=CC(=O)N1CCN(c2nc(OCCCO)nc3c2CCC(c2c(C)ccc4[nH]ncc24)C3)CC1. The van der Waals surface area contributed by atoms with Crippen molar-refractivity contribution in [2.75, 3.05) is 44.3 Å². The average molecular weight is 477 g/mol. The lowest BCUT2D eigenvalue weighted by Gasteiger charge is -2.37. The van der Waals surface area contributed by atoms with Gasteiger partial charge in [-0.15, -0.1) is 0 Å². The van der Waals surface area contributed by atoms with Crippen LogP contribution in [0.5, 0.6) is 6.01 Å². The Bertz CT molecular complexity index is 1230. The maximum atomic E-state index is 12.0. The van der Waals surface area contributed by atoms with Gasteiger partial charge in [0, 0.05) is 50.2 Å². The van der Waals surface area contributed by atoms with E-state index in [0.29, 0.717) is 51.1 Å². The minimum absolute atomic E-state index is 0.0333. The zero-order valence-electron chi connectivity index (χ0n) is 20.2. The van der Waals surface area contributed by atoms with Crippen LogP contribution >= 0.6 is 0 Å². The second-order valence-electron chi connectivity index (χ2n) is 9.26. The topological polar surface area (TPSA) is 107 Å². The molecule has 2 aromatic heterocycles. The number of carbonyl (C=O) groups excluding carboxylic acids is 1. The van der Waals surface area contributed by atoms with Crippen molar-refractivity contribution in [2.24, 2.45) is 0 Å². The fourth-order valence-electron chi connectivity index (χ4n) is 5.33. The largest absolute Gasteiger partial charge is 0.463 e. The van der Waals surface area contributed by atoms with E-state index >= 15 is 0 Å². The molecule has 1 aliphatic heterocycles. The monoisotopic (exact) mass is 476 g/mol. The molecule has 0 saturated carbocycles. The van der Waals surface area contributed by atoms with E-state index in [2.05, 4.69) is 40.7 Å². The number of carbonyl (C=O) groups is 1. The summed E-state index contributed by atoms with van der Waals surface area (Å²) >= 11 is 0. The number of piperazine rings is 1. The van der Waals surface area contributed by atoms with Crippen LogP contribution in [0.1, 0.15) is 41.1 Å². The normalized spacial score (nSPS) is 17.9. The summed E-state index contributed by atoms with van der Waals surface area (Å²) in [5.74, 6) is 1.21. The molecule has 1 aliphatic carbocycles. The van der Waals surface area contributed by atoms with Gasteiger partial charge >= 0.3 is 6.01 Å². The number of fused-ring (bicyclic) bond motifs is 2. The first-order chi connectivity index (χ1) is 17.1. The summed E-state index contributed by atoms with van der Waals surface area (Å²) in [7, 11) is 0. The molecule has 3 aromatic rings. The van der Waals surface area contributed by atoms with Gasteiger partial charge in [-0.25, -0.2) is 0 Å². The highest BCUT2D eigenvalue weighted by molar-refractivity contribution is 5.87. The van der Waals surface area contributed by atoms with Crippen LogP contribution in [0.4, 0.5) is 5.82 Å². The van der Waals surface area contributed by atoms with Crippen LogP contribution in [-0.4, -0.2) is 75.5 Å². The second kappa shape index (κ2) is 10.0. The predicted molar refractivity (Wildman–Crippen MR) is 134 cm³/mol. The van der Waals surface area contributed by atoms with Gasteiger partial charge in [-0.2, -0.15) is 15.1 Å². The quantitative estimate of drug-likeness (QED) is 0.399.